The third kappa shape index (κ3) is 4.19. The first-order valence-electron chi connectivity index (χ1n) is 8.18. The Bertz CT molecular complexity index is 682. The molecule has 6 heteroatoms. The summed E-state index contributed by atoms with van der Waals surface area (Å²) in [5.74, 6) is -0.189. The van der Waals surface area contributed by atoms with Gasteiger partial charge in [0.05, 0.1) is 10.6 Å². The maximum Gasteiger partial charge on any atom is 0.222 e. The molecule has 0 radical (unpaired) electrons. The van der Waals surface area contributed by atoms with Crippen LogP contribution in [0, 0.1) is 5.82 Å². The van der Waals surface area contributed by atoms with E-state index in [2.05, 4.69) is 4.98 Å². The molecule has 2 aromatic rings. The van der Waals surface area contributed by atoms with Crippen molar-refractivity contribution in [3.05, 3.63) is 52.2 Å². The molecule has 4 nitrogen and oxygen atoms in total. The molecule has 1 aliphatic heterocycles. The second-order valence-corrected chi connectivity index (χ2v) is 7.28. The highest BCUT2D eigenvalue weighted by atomic mass is 32.1. The number of carbonyl (C=O) groups excluding carboxylic acids is 1. The van der Waals surface area contributed by atoms with Crippen LogP contribution in [0.2, 0.25) is 0 Å². The molecule has 1 saturated heterocycles. The standard InChI is InChI=1S/C18H21FN2O2S/c19-15-4-2-1-3-14(15)13-18(23)7-10-21(11-8-18)17(22)6-5-16-20-9-12-24-16/h1-4,9,12,23H,5-8,10-11,13H2. The van der Waals surface area contributed by atoms with Gasteiger partial charge >= 0.3 is 0 Å². The fourth-order valence-electron chi connectivity index (χ4n) is 3.09. The Labute approximate surface area is 145 Å². The molecule has 3 rings (SSSR count). The summed E-state index contributed by atoms with van der Waals surface area (Å²) < 4.78 is 13.8. The summed E-state index contributed by atoms with van der Waals surface area (Å²) >= 11 is 1.56. The first kappa shape index (κ1) is 17.0. The van der Waals surface area contributed by atoms with E-state index in [1.54, 1.807) is 40.6 Å². The number of likely N-dealkylation sites (tertiary alicyclic amines) is 1. The SMILES string of the molecule is O=C(CCc1nccs1)N1CCC(O)(Cc2ccccc2F)CC1. The fourth-order valence-corrected chi connectivity index (χ4v) is 3.71. The molecule has 1 aromatic heterocycles. The van der Waals surface area contributed by atoms with Crippen molar-refractivity contribution >= 4 is 17.2 Å². The summed E-state index contributed by atoms with van der Waals surface area (Å²) in [6.07, 6.45) is 4.09. The molecule has 0 unspecified atom stereocenters. The fraction of sp³-hybridized carbons (Fsp3) is 0.444. The summed E-state index contributed by atoms with van der Waals surface area (Å²) in [6.45, 7) is 1.03. The molecule has 0 atom stereocenters. The van der Waals surface area contributed by atoms with Gasteiger partial charge in [-0.15, -0.1) is 11.3 Å². The number of halogens is 1. The summed E-state index contributed by atoms with van der Waals surface area (Å²) in [5.41, 5.74) is -0.405. The summed E-state index contributed by atoms with van der Waals surface area (Å²) in [5, 5.41) is 13.6. The minimum atomic E-state index is -0.936. The summed E-state index contributed by atoms with van der Waals surface area (Å²) in [7, 11) is 0. The largest absolute Gasteiger partial charge is 0.389 e. The van der Waals surface area contributed by atoms with E-state index in [1.807, 2.05) is 5.38 Å². The molecule has 128 valence electrons. The molecule has 1 amide bonds. The number of piperidine rings is 1. The van der Waals surface area contributed by atoms with Gasteiger partial charge in [0.1, 0.15) is 5.82 Å². The molecule has 0 saturated carbocycles. The number of aromatic nitrogens is 1. The number of nitrogens with zero attached hydrogens (tertiary/aromatic N) is 2. The molecule has 0 spiro atoms. The van der Waals surface area contributed by atoms with Gasteiger partial charge < -0.3 is 10.0 Å². The zero-order valence-electron chi connectivity index (χ0n) is 13.4. The highest BCUT2D eigenvalue weighted by molar-refractivity contribution is 7.09. The molecular weight excluding hydrogens is 327 g/mol. The van der Waals surface area contributed by atoms with E-state index in [-0.39, 0.29) is 11.7 Å². The maximum atomic E-state index is 13.8. The number of aliphatic hydroxyl groups is 1. The van der Waals surface area contributed by atoms with Crippen LogP contribution in [0.15, 0.2) is 35.8 Å². The zero-order valence-corrected chi connectivity index (χ0v) is 14.3. The Morgan fingerprint density at radius 2 is 2.08 bits per heavy atom. The number of rotatable bonds is 5. The highest BCUT2D eigenvalue weighted by Crippen LogP contribution is 2.27. The Hall–Kier alpha value is -1.79. The lowest BCUT2D eigenvalue weighted by atomic mass is 9.85. The van der Waals surface area contributed by atoms with Crippen LogP contribution in [-0.2, 0) is 17.6 Å². The molecule has 1 fully saturated rings. The number of benzene rings is 1. The second kappa shape index (κ2) is 7.40. The van der Waals surface area contributed by atoms with Crippen LogP contribution < -0.4 is 0 Å². The number of carbonyl (C=O) groups is 1. The second-order valence-electron chi connectivity index (χ2n) is 6.30. The van der Waals surface area contributed by atoms with Crippen LogP contribution in [0.4, 0.5) is 4.39 Å². The van der Waals surface area contributed by atoms with Gasteiger partial charge in [0.25, 0.3) is 0 Å². The predicted molar refractivity (Wildman–Crippen MR) is 91.3 cm³/mol. The minimum absolute atomic E-state index is 0.0955. The normalized spacial score (nSPS) is 17.0. The number of aryl methyl sites for hydroxylation is 1. The number of hydrogen-bond donors (Lipinski definition) is 1. The Kier molecular flexibility index (Phi) is 5.26. The van der Waals surface area contributed by atoms with Crippen LogP contribution in [0.3, 0.4) is 0 Å². The van der Waals surface area contributed by atoms with Crippen LogP contribution in [0.1, 0.15) is 29.8 Å². The van der Waals surface area contributed by atoms with E-state index in [9.17, 15) is 14.3 Å². The Morgan fingerprint density at radius 3 is 2.75 bits per heavy atom. The third-order valence-electron chi connectivity index (χ3n) is 4.56. The molecule has 2 heterocycles. The van der Waals surface area contributed by atoms with E-state index in [0.717, 1.165) is 5.01 Å². The van der Waals surface area contributed by atoms with Gasteiger partial charge in [0, 0.05) is 43.9 Å². The van der Waals surface area contributed by atoms with Gasteiger partial charge in [0.2, 0.25) is 5.91 Å². The molecule has 1 N–H and O–H groups in total. The van der Waals surface area contributed by atoms with E-state index in [1.165, 1.54) is 6.07 Å². The third-order valence-corrected chi connectivity index (χ3v) is 5.40. The molecular formula is C18H21FN2O2S. The van der Waals surface area contributed by atoms with Crippen molar-refractivity contribution in [2.24, 2.45) is 0 Å². The van der Waals surface area contributed by atoms with Crippen molar-refractivity contribution < 1.29 is 14.3 Å². The van der Waals surface area contributed by atoms with Crippen LogP contribution in [-0.4, -0.2) is 39.6 Å². The van der Waals surface area contributed by atoms with Crippen molar-refractivity contribution in [3.8, 4) is 0 Å². The van der Waals surface area contributed by atoms with Gasteiger partial charge in [0.15, 0.2) is 0 Å². The molecule has 0 aliphatic carbocycles. The molecule has 1 aliphatic rings. The van der Waals surface area contributed by atoms with Crippen molar-refractivity contribution in [1.29, 1.82) is 0 Å². The number of hydrogen-bond acceptors (Lipinski definition) is 4. The monoisotopic (exact) mass is 348 g/mol. The van der Waals surface area contributed by atoms with E-state index in [0.29, 0.717) is 50.8 Å². The van der Waals surface area contributed by atoms with E-state index >= 15 is 0 Å². The number of amides is 1. The van der Waals surface area contributed by atoms with Crippen LogP contribution in [0.5, 0.6) is 0 Å². The maximum absolute atomic E-state index is 13.8. The number of thiazole rings is 1. The van der Waals surface area contributed by atoms with Gasteiger partial charge in [-0.1, -0.05) is 18.2 Å². The average Bonchev–Trinajstić information content (AvgIpc) is 3.09. The molecule has 24 heavy (non-hydrogen) atoms. The molecule has 0 bridgehead atoms. The lowest BCUT2D eigenvalue weighted by Crippen LogP contribution is -2.47. The van der Waals surface area contributed by atoms with Crippen LogP contribution >= 0.6 is 11.3 Å². The van der Waals surface area contributed by atoms with E-state index < -0.39 is 5.60 Å². The van der Waals surface area contributed by atoms with Crippen molar-refractivity contribution in [2.45, 2.75) is 37.7 Å². The van der Waals surface area contributed by atoms with Crippen molar-refractivity contribution in [1.82, 2.24) is 9.88 Å². The van der Waals surface area contributed by atoms with Crippen molar-refractivity contribution in [2.75, 3.05) is 13.1 Å². The van der Waals surface area contributed by atoms with Gasteiger partial charge in [-0.25, -0.2) is 9.37 Å². The van der Waals surface area contributed by atoms with Gasteiger partial charge in [-0.3, -0.25) is 4.79 Å². The predicted octanol–water partition coefficient (Wildman–Crippen LogP) is 2.81. The first-order chi connectivity index (χ1) is 11.6. The first-order valence-corrected chi connectivity index (χ1v) is 9.06. The smallest absolute Gasteiger partial charge is 0.222 e. The Morgan fingerprint density at radius 1 is 1.33 bits per heavy atom. The Balaban J connectivity index is 1.51. The topological polar surface area (TPSA) is 53.4 Å². The van der Waals surface area contributed by atoms with Gasteiger partial charge in [-0.05, 0) is 24.5 Å². The summed E-state index contributed by atoms with van der Waals surface area (Å²) in [6, 6.07) is 6.54. The van der Waals surface area contributed by atoms with Gasteiger partial charge in [-0.2, -0.15) is 0 Å². The average molecular weight is 348 g/mol. The minimum Gasteiger partial charge on any atom is -0.389 e. The van der Waals surface area contributed by atoms with Crippen LogP contribution in [0.25, 0.3) is 0 Å². The molecule has 1 aromatic carbocycles. The lowest BCUT2D eigenvalue weighted by molar-refractivity contribution is -0.135. The van der Waals surface area contributed by atoms with Crippen molar-refractivity contribution in [3.63, 3.8) is 0 Å². The lowest BCUT2D eigenvalue weighted by Gasteiger charge is -2.38. The quantitative estimate of drug-likeness (QED) is 0.904. The summed E-state index contributed by atoms with van der Waals surface area (Å²) in [4.78, 5) is 18.3. The highest BCUT2D eigenvalue weighted by Gasteiger charge is 2.34. The van der Waals surface area contributed by atoms with E-state index in [4.69, 9.17) is 0 Å². The zero-order chi connectivity index (χ0) is 17.0.